The molecule has 0 saturated carbocycles. The number of hydrogen-bond acceptors (Lipinski definition) is 2. The van der Waals surface area contributed by atoms with Crippen LogP contribution in [-0.4, -0.2) is 22.8 Å². The second kappa shape index (κ2) is 6.38. The molecule has 0 aliphatic heterocycles. The largest absolute Gasteiger partial charge is 0.477 e. The van der Waals surface area contributed by atoms with Crippen LogP contribution in [0.3, 0.4) is 0 Å². The van der Waals surface area contributed by atoms with Gasteiger partial charge >= 0.3 is 5.97 Å². The average molecular weight is 357 g/mol. The predicted octanol–water partition coefficient (Wildman–Crippen LogP) is 3.65. The number of carbonyl (C=O) groups excluding carboxylic acids is 1. The molecule has 0 heterocycles. The number of carboxylic acid groups (broad SMARTS) is 1. The topological polar surface area (TPSA) is 66.4 Å². The van der Waals surface area contributed by atoms with E-state index in [-0.39, 0.29) is 11.1 Å². The van der Waals surface area contributed by atoms with E-state index in [0.717, 1.165) is 0 Å². The van der Waals surface area contributed by atoms with Gasteiger partial charge in [-0.15, -0.1) is 0 Å². The number of carboxylic acids is 1. The molecular formula is C13H13Cl3FNO3. The van der Waals surface area contributed by atoms with E-state index >= 15 is 0 Å². The fourth-order valence-electron chi connectivity index (χ4n) is 1.52. The van der Waals surface area contributed by atoms with Gasteiger partial charge < -0.3 is 10.4 Å². The van der Waals surface area contributed by atoms with Gasteiger partial charge in [0.05, 0.1) is 0 Å². The predicted molar refractivity (Wildman–Crippen MR) is 79.5 cm³/mol. The highest BCUT2D eigenvalue weighted by Crippen LogP contribution is 2.38. The smallest absolute Gasteiger partial charge is 0.362 e. The summed E-state index contributed by atoms with van der Waals surface area (Å²) >= 11 is 17.1. The number of hydrogen-bond donors (Lipinski definition) is 2. The van der Waals surface area contributed by atoms with Crippen molar-refractivity contribution in [2.75, 3.05) is 0 Å². The SMILES string of the molecule is CC(C)C(F)(NC(=O)c1cccc(C(Cl)(Cl)Cl)c1)C(=O)O. The molecular weight excluding hydrogens is 344 g/mol. The van der Waals surface area contributed by atoms with E-state index in [9.17, 15) is 14.0 Å². The molecule has 0 spiro atoms. The normalized spacial score (nSPS) is 14.6. The first-order valence-corrected chi connectivity index (χ1v) is 7.04. The Morgan fingerprint density at radius 2 is 1.86 bits per heavy atom. The third-order valence-corrected chi connectivity index (χ3v) is 3.51. The molecule has 2 N–H and O–H groups in total. The molecule has 0 radical (unpaired) electrons. The Hall–Kier alpha value is -1.04. The van der Waals surface area contributed by atoms with Crippen molar-refractivity contribution < 1.29 is 19.1 Å². The number of amides is 1. The Morgan fingerprint density at radius 3 is 2.29 bits per heavy atom. The van der Waals surface area contributed by atoms with Crippen molar-refractivity contribution >= 4 is 46.7 Å². The minimum atomic E-state index is -2.88. The number of halogens is 4. The lowest BCUT2D eigenvalue weighted by Gasteiger charge is -2.25. The lowest BCUT2D eigenvalue weighted by Crippen LogP contribution is -2.54. The molecule has 1 rings (SSSR count). The standard InChI is InChI=1S/C13H13Cl3FNO3/c1-7(2)12(17,11(20)21)18-10(19)8-4-3-5-9(6-8)13(14,15)16/h3-7H,1-2H3,(H,18,19)(H,20,21). The molecule has 4 nitrogen and oxygen atoms in total. The van der Waals surface area contributed by atoms with E-state index in [1.165, 1.54) is 38.1 Å². The number of aliphatic carboxylic acids is 1. The highest BCUT2D eigenvalue weighted by molar-refractivity contribution is 6.66. The maximum Gasteiger partial charge on any atom is 0.362 e. The van der Waals surface area contributed by atoms with Gasteiger partial charge in [-0.1, -0.05) is 60.8 Å². The lowest BCUT2D eigenvalue weighted by molar-refractivity contribution is -0.156. The van der Waals surface area contributed by atoms with Gasteiger partial charge in [0.15, 0.2) is 0 Å². The molecule has 0 saturated heterocycles. The quantitative estimate of drug-likeness (QED) is 0.639. The van der Waals surface area contributed by atoms with E-state index in [4.69, 9.17) is 39.9 Å². The molecule has 21 heavy (non-hydrogen) atoms. The second-order valence-electron chi connectivity index (χ2n) is 4.70. The summed E-state index contributed by atoms with van der Waals surface area (Å²) in [5.41, 5.74) is 0.201. The van der Waals surface area contributed by atoms with Crippen molar-refractivity contribution in [3.63, 3.8) is 0 Å². The molecule has 1 atom stereocenters. The minimum absolute atomic E-state index is 0.0113. The first-order chi connectivity index (χ1) is 9.48. The molecule has 1 amide bonds. The molecule has 0 bridgehead atoms. The summed E-state index contributed by atoms with van der Waals surface area (Å²) in [6.45, 7) is 2.68. The van der Waals surface area contributed by atoms with Crippen molar-refractivity contribution in [3.8, 4) is 0 Å². The second-order valence-corrected chi connectivity index (χ2v) is 6.99. The van der Waals surface area contributed by atoms with Gasteiger partial charge in [-0.25, -0.2) is 9.18 Å². The lowest BCUT2D eigenvalue weighted by atomic mass is 10.0. The van der Waals surface area contributed by atoms with Crippen LogP contribution < -0.4 is 5.32 Å². The van der Waals surface area contributed by atoms with Crippen LogP contribution in [0, 0.1) is 5.92 Å². The van der Waals surface area contributed by atoms with Gasteiger partial charge in [-0.3, -0.25) is 4.79 Å². The van der Waals surface area contributed by atoms with E-state index in [1.807, 2.05) is 5.32 Å². The maximum absolute atomic E-state index is 14.3. The maximum atomic E-state index is 14.3. The molecule has 0 aliphatic carbocycles. The number of nitrogens with one attached hydrogen (secondary N) is 1. The highest BCUT2D eigenvalue weighted by atomic mass is 35.6. The third-order valence-electron chi connectivity index (χ3n) is 2.85. The summed E-state index contributed by atoms with van der Waals surface area (Å²) < 4.78 is 12.6. The Kier molecular flexibility index (Phi) is 5.47. The molecule has 0 aromatic heterocycles. The van der Waals surface area contributed by atoms with Crippen LogP contribution in [0.15, 0.2) is 24.3 Å². The van der Waals surface area contributed by atoms with E-state index < -0.39 is 27.4 Å². The van der Waals surface area contributed by atoms with Crippen LogP contribution in [0.4, 0.5) is 4.39 Å². The van der Waals surface area contributed by atoms with Gasteiger partial charge in [0.25, 0.3) is 11.7 Å². The van der Waals surface area contributed by atoms with Gasteiger partial charge in [-0.2, -0.15) is 0 Å². The van der Waals surface area contributed by atoms with Crippen LogP contribution in [0.5, 0.6) is 0 Å². The van der Waals surface area contributed by atoms with Crippen molar-refractivity contribution in [1.82, 2.24) is 5.32 Å². The molecule has 1 aromatic rings. The fourth-order valence-corrected chi connectivity index (χ4v) is 1.87. The van der Waals surface area contributed by atoms with Crippen LogP contribution in [-0.2, 0) is 8.59 Å². The number of benzene rings is 1. The van der Waals surface area contributed by atoms with Gasteiger partial charge in [0, 0.05) is 17.0 Å². The minimum Gasteiger partial charge on any atom is -0.477 e. The Morgan fingerprint density at radius 1 is 1.29 bits per heavy atom. The van der Waals surface area contributed by atoms with Crippen molar-refractivity contribution in [3.05, 3.63) is 35.4 Å². The van der Waals surface area contributed by atoms with E-state index in [1.54, 1.807) is 0 Å². The zero-order valence-corrected chi connectivity index (χ0v) is 13.4. The zero-order valence-electron chi connectivity index (χ0n) is 11.2. The Labute approximate surface area is 136 Å². The monoisotopic (exact) mass is 355 g/mol. The molecule has 116 valence electrons. The number of carbonyl (C=O) groups is 2. The summed E-state index contributed by atoms with van der Waals surface area (Å²) in [5, 5.41) is 10.8. The summed E-state index contributed by atoms with van der Waals surface area (Å²) in [6, 6.07) is 5.54. The first-order valence-electron chi connectivity index (χ1n) is 5.90. The third kappa shape index (κ3) is 4.22. The van der Waals surface area contributed by atoms with Gasteiger partial charge in [0.2, 0.25) is 3.79 Å². The van der Waals surface area contributed by atoms with Crippen LogP contribution >= 0.6 is 34.8 Å². The summed E-state index contributed by atoms with van der Waals surface area (Å²) in [6.07, 6.45) is 0. The van der Waals surface area contributed by atoms with Crippen molar-refractivity contribution in [1.29, 1.82) is 0 Å². The molecule has 1 unspecified atom stereocenters. The number of rotatable bonds is 4. The fraction of sp³-hybridized carbons (Fsp3) is 0.385. The van der Waals surface area contributed by atoms with Crippen LogP contribution in [0.1, 0.15) is 29.8 Å². The highest BCUT2D eigenvalue weighted by Gasteiger charge is 2.44. The van der Waals surface area contributed by atoms with Crippen LogP contribution in [0.2, 0.25) is 0 Å². The molecule has 0 aliphatic rings. The molecule has 1 aromatic carbocycles. The zero-order chi connectivity index (χ0) is 16.4. The van der Waals surface area contributed by atoms with Crippen LogP contribution in [0.25, 0.3) is 0 Å². The Bertz CT molecular complexity index is 560. The Balaban J connectivity index is 3.07. The summed E-state index contributed by atoms with van der Waals surface area (Å²) in [4.78, 5) is 23.0. The summed E-state index contributed by atoms with van der Waals surface area (Å²) in [7, 11) is 0. The molecule has 0 fully saturated rings. The van der Waals surface area contributed by atoms with Crippen molar-refractivity contribution in [2.45, 2.75) is 23.4 Å². The van der Waals surface area contributed by atoms with E-state index in [0.29, 0.717) is 0 Å². The van der Waals surface area contributed by atoms with Crippen molar-refractivity contribution in [2.24, 2.45) is 5.92 Å². The first kappa shape index (κ1) is 18.0. The molecule has 8 heteroatoms. The number of alkyl halides is 4. The summed E-state index contributed by atoms with van der Waals surface area (Å²) in [5.74, 6) is -6.53. The van der Waals surface area contributed by atoms with E-state index in [2.05, 4.69) is 0 Å². The van der Waals surface area contributed by atoms with Gasteiger partial charge in [-0.05, 0) is 12.1 Å². The average Bonchev–Trinajstić information content (AvgIpc) is 2.37. The van der Waals surface area contributed by atoms with Gasteiger partial charge in [0.1, 0.15) is 0 Å².